The second-order valence-corrected chi connectivity index (χ2v) is 13.4. The Kier molecular flexibility index (Phi) is 10.3. The predicted molar refractivity (Wildman–Crippen MR) is 127 cm³/mol. The average molecular weight is 758 g/mol. The van der Waals surface area contributed by atoms with E-state index in [2.05, 4.69) is 0 Å². The van der Waals surface area contributed by atoms with Crippen LogP contribution in [-0.2, 0) is 0 Å². The lowest BCUT2D eigenvalue weighted by Crippen LogP contribution is -2.33. The number of rotatable bonds is 7. The third-order valence-corrected chi connectivity index (χ3v) is 11.8. The van der Waals surface area contributed by atoms with Crippen LogP contribution in [0.1, 0.15) is 0 Å². The normalized spacial score (nSPS) is 11.9. The Morgan fingerprint density at radius 3 is 0.417 bits per heavy atom. The fraction of sp³-hybridized carbons (Fsp3) is 0.0769. The Morgan fingerprint density at radius 2 is 0.292 bits per heavy atom. The molecule has 0 atom stereocenters. The van der Waals surface area contributed by atoms with E-state index in [1.807, 2.05) is 0 Å². The molecule has 0 aliphatic heterocycles. The molecule has 0 unspecified atom stereocenters. The van der Waals surface area contributed by atoms with E-state index >= 15 is 0 Å². The summed E-state index contributed by atoms with van der Waals surface area (Å²) in [5.74, 6) is -59.4. The SMILES string of the molecule is Fc1c(F)c(F)c(P(CCP(c2c(F)c(F)c(F)c(F)c2F)c2c(F)c(F)c(F)c(F)c2F)c2c(F)c(F)c(F)c(F)c2F)c(F)c1F. The van der Waals surface area contributed by atoms with E-state index in [9.17, 15) is 87.8 Å². The van der Waals surface area contributed by atoms with Crippen molar-refractivity contribution in [2.45, 2.75) is 0 Å². The summed E-state index contributed by atoms with van der Waals surface area (Å²) in [4.78, 5) is 0. The number of hydrogen-bond acceptors (Lipinski definition) is 0. The molecular formula is C26H4F20P2. The van der Waals surface area contributed by atoms with E-state index < -0.39 is 166 Å². The molecule has 22 heteroatoms. The minimum atomic E-state index is -4.41. The van der Waals surface area contributed by atoms with Crippen molar-refractivity contribution in [3.8, 4) is 0 Å². The summed E-state index contributed by atoms with van der Waals surface area (Å²) >= 11 is 0. The molecule has 0 heterocycles. The van der Waals surface area contributed by atoms with Crippen LogP contribution in [0.4, 0.5) is 87.8 Å². The van der Waals surface area contributed by atoms with Crippen LogP contribution in [-0.4, -0.2) is 12.3 Å². The number of halogens is 20. The van der Waals surface area contributed by atoms with E-state index in [0.717, 1.165) is 0 Å². The number of benzene rings is 4. The second-order valence-electron chi connectivity index (χ2n) is 8.98. The summed E-state index contributed by atoms with van der Waals surface area (Å²) in [6.45, 7) is 0. The van der Waals surface area contributed by atoms with Gasteiger partial charge in [-0.3, -0.25) is 0 Å². The lowest BCUT2D eigenvalue weighted by atomic mass is 10.3. The van der Waals surface area contributed by atoms with E-state index in [0.29, 0.717) is 0 Å². The van der Waals surface area contributed by atoms with Crippen LogP contribution in [0.2, 0.25) is 0 Å². The molecule has 0 nitrogen and oxygen atoms in total. The standard InChI is InChI=1S/C26H4F20P2/c27-3-7(31)15(39)23(16(40)8(3)32)47(24-17(41)9(33)4(28)10(34)18(24)42)1-2-48(25-19(43)11(35)5(29)12(36)20(25)44)26-21(45)13(37)6(30)14(38)22(26)46/h1-2H2. The fourth-order valence-corrected chi connectivity index (χ4v) is 9.81. The lowest BCUT2D eigenvalue weighted by Gasteiger charge is -2.26. The molecule has 0 saturated carbocycles. The van der Waals surface area contributed by atoms with Crippen molar-refractivity contribution < 1.29 is 87.8 Å². The van der Waals surface area contributed by atoms with Gasteiger partial charge in [0.05, 0.1) is 21.2 Å². The molecule has 4 aromatic rings. The maximum absolute atomic E-state index is 14.9. The van der Waals surface area contributed by atoms with Crippen LogP contribution in [0.3, 0.4) is 0 Å². The van der Waals surface area contributed by atoms with Crippen molar-refractivity contribution in [3.63, 3.8) is 0 Å². The first-order valence-corrected chi connectivity index (χ1v) is 14.9. The van der Waals surface area contributed by atoms with E-state index in [-0.39, 0.29) is 0 Å². The summed E-state index contributed by atoms with van der Waals surface area (Å²) in [7, 11) is -8.82. The van der Waals surface area contributed by atoms with Crippen molar-refractivity contribution in [1.82, 2.24) is 0 Å². The van der Waals surface area contributed by atoms with Crippen LogP contribution < -0.4 is 21.2 Å². The minimum absolute atomic E-state index is 2.02. The van der Waals surface area contributed by atoms with Gasteiger partial charge in [-0.2, -0.15) is 0 Å². The third-order valence-electron chi connectivity index (χ3n) is 6.37. The zero-order chi connectivity index (χ0) is 36.4. The molecule has 0 radical (unpaired) electrons. The van der Waals surface area contributed by atoms with Gasteiger partial charge in [0, 0.05) is 0 Å². The highest BCUT2D eigenvalue weighted by molar-refractivity contribution is 7.76. The molecule has 258 valence electrons. The number of hydrogen-bond donors (Lipinski definition) is 0. The second kappa shape index (κ2) is 13.3. The highest BCUT2D eigenvalue weighted by Crippen LogP contribution is 2.47. The zero-order valence-electron chi connectivity index (χ0n) is 21.9. The molecule has 0 aliphatic carbocycles. The maximum Gasteiger partial charge on any atom is 0.200 e. The molecular weight excluding hydrogens is 754 g/mol. The Labute approximate surface area is 254 Å². The topological polar surface area (TPSA) is 0 Å². The van der Waals surface area contributed by atoms with Gasteiger partial charge in [-0.05, 0) is 28.2 Å². The van der Waals surface area contributed by atoms with Crippen molar-refractivity contribution in [1.29, 1.82) is 0 Å². The van der Waals surface area contributed by atoms with Gasteiger partial charge < -0.3 is 0 Å². The van der Waals surface area contributed by atoms with Gasteiger partial charge in [-0.25, -0.2) is 87.8 Å². The molecule has 0 bridgehead atoms. The summed E-state index contributed by atoms with van der Waals surface area (Å²) in [5, 5.41) is -9.63. The van der Waals surface area contributed by atoms with Crippen molar-refractivity contribution in [3.05, 3.63) is 116 Å². The molecule has 4 aromatic carbocycles. The zero-order valence-corrected chi connectivity index (χ0v) is 23.7. The van der Waals surface area contributed by atoms with E-state index in [1.165, 1.54) is 0 Å². The Bertz CT molecular complexity index is 1610. The third kappa shape index (κ3) is 5.63. The summed E-state index contributed by atoms with van der Waals surface area (Å²) in [6, 6.07) is 0. The maximum atomic E-state index is 14.9. The lowest BCUT2D eigenvalue weighted by molar-refractivity contribution is 0.382. The Hall–Kier alpha value is -3.66. The molecule has 48 heavy (non-hydrogen) atoms. The van der Waals surface area contributed by atoms with Crippen LogP contribution in [0.15, 0.2) is 0 Å². The molecule has 0 aromatic heterocycles. The molecule has 0 amide bonds. The Balaban J connectivity index is 2.12. The first-order valence-electron chi connectivity index (χ1n) is 11.8. The van der Waals surface area contributed by atoms with Gasteiger partial charge in [0.15, 0.2) is 93.1 Å². The first kappa shape index (κ1) is 37.2. The van der Waals surface area contributed by atoms with Crippen LogP contribution in [0.5, 0.6) is 0 Å². The predicted octanol–water partition coefficient (Wildman–Crippen LogP) is 8.03. The molecule has 4 rings (SSSR count). The first-order chi connectivity index (χ1) is 22.2. The van der Waals surface area contributed by atoms with Crippen LogP contribution >= 0.6 is 15.8 Å². The monoisotopic (exact) mass is 758 g/mol. The summed E-state index contributed by atoms with van der Waals surface area (Å²) in [6.07, 6.45) is -4.03. The van der Waals surface area contributed by atoms with Crippen molar-refractivity contribution in [2.24, 2.45) is 0 Å². The van der Waals surface area contributed by atoms with Crippen molar-refractivity contribution >= 4 is 37.1 Å². The summed E-state index contributed by atoms with van der Waals surface area (Å²) in [5.41, 5.74) is 0. The van der Waals surface area contributed by atoms with E-state index in [4.69, 9.17) is 0 Å². The van der Waals surface area contributed by atoms with Gasteiger partial charge in [0.2, 0.25) is 23.3 Å². The summed E-state index contributed by atoms with van der Waals surface area (Å²) < 4.78 is 287. The molecule has 0 N–H and O–H groups in total. The van der Waals surface area contributed by atoms with Gasteiger partial charge in [-0.15, -0.1) is 0 Å². The molecule has 0 aliphatic rings. The minimum Gasteiger partial charge on any atom is -0.203 e. The molecule has 0 fully saturated rings. The molecule has 0 saturated heterocycles. The Morgan fingerprint density at radius 1 is 0.188 bits per heavy atom. The molecule has 0 spiro atoms. The highest BCUT2D eigenvalue weighted by Gasteiger charge is 2.41. The highest BCUT2D eigenvalue weighted by atomic mass is 31.1. The van der Waals surface area contributed by atoms with Crippen molar-refractivity contribution in [2.75, 3.05) is 12.3 Å². The smallest absolute Gasteiger partial charge is 0.200 e. The van der Waals surface area contributed by atoms with E-state index in [1.54, 1.807) is 0 Å². The van der Waals surface area contributed by atoms with Crippen LogP contribution in [0.25, 0.3) is 0 Å². The van der Waals surface area contributed by atoms with Crippen LogP contribution in [0, 0.1) is 116 Å². The average Bonchev–Trinajstić information content (AvgIpc) is 3.06. The fourth-order valence-electron chi connectivity index (χ4n) is 4.19. The quantitative estimate of drug-likeness (QED) is 0.0776. The van der Waals surface area contributed by atoms with Gasteiger partial charge >= 0.3 is 0 Å². The van der Waals surface area contributed by atoms with Gasteiger partial charge in [0.25, 0.3) is 0 Å². The largest absolute Gasteiger partial charge is 0.203 e. The van der Waals surface area contributed by atoms with Gasteiger partial charge in [-0.1, -0.05) is 0 Å². The van der Waals surface area contributed by atoms with Gasteiger partial charge in [0.1, 0.15) is 0 Å².